The maximum absolute atomic E-state index is 6.71. The molecule has 0 aliphatic carbocycles. The van der Waals surface area contributed by atoms with Crippen molar-refractivity contribution in [2.45, 2.75) is 0 Å². The molecule has 0 saturated carbocycles. The minimum Gasteiger partial charge on any atom is -0.291 e. The lowest BCUT2D eigenvalue weighted by molar-refractivity contribution is 1.07. The summed E-state index contributed by atoms with van der Waals surface area (Å²) in [4.78, 5) is 0. The van der Waals surface area contributed by atoms with Crippen LogP contribution in [-0.2, 0) is 0 Å². The molecule has 1 aromatic heterocycles. The first-order chi connectivity index (χ1) is 3.84. The van der Waals surface area contributed by atoms with E-state index < -0.39 is 0 Å². The quantitative estimate of drug-likeness (QED) is 0.326. The summed E-state index contributed by atoms with van der Waals surface area (Å²) >= 11 is 4.68. The van der Waals surface area contributed by atoms with Crippen LogP contribution in [0.15, 0.2) is 6.33 Å². The Balaban J connectivity index is 3.30. The maximum Gasteiger partial charge on any atom is 0.200 e. The zero-order chi connectivity index (χ0) is 5.98. The Kier molecular flexibility index (Phi) is 1.21. The molecule has 5 heteroatoms. The van der Waals surface area contributed by atoms with E-state index in [4.69, 9.17) is 5.41 Å². The SMILES string of the molecule is N=Cn1cn[nH]c1=S. The van der Waals surface area contributed by atoms with E-state index in [2.05, 4.69) is 22.4 Å². The van der Waals surface area contributed by atoms with E-state index in [0.29, 0.717) is 4.77 Å². The lowest BCUT2D eigenvalue weighted by Gasteiger charge is -1.79. The number of nitrogens with zero attached hydrogens (tertiary/aromatic N) is 2. The van der Waals surface area contributed by atoms with E-state index in [-0.39, 0.29) is 0 Å². The van der Waals surface area contributed by atoms with Gasteiger partial charge in [0, 0.05) is 0 Å². The average Bonchev–Trinajstić information content (AvgIpc) is 2.14. The van der Waals surface area contributed by atoms with Gasteiger partial charge in [-0.1, -0.05) is 0 Å². The number of H-pyrrole nitrogens is 1. The van der Waals surface area contributed by atoms with Crippen molar-refractivity contribution in [3.8, 4) is 0 Å². The molecule has 42 valence electrons. The van der Waals surface area contributed by atoms with Crippen molar-refractivity contribution >= 4 is 18.6 Å². The molecule has 0 bridgehead atoms. The third-order valence-electron chi connectivity index (χ3n) is 0.716. The van der Waals surface area contributed by atoms with Crippen LogP contribution in [0.25, 0.3) is 0 Å². The topological polar surface area (TPSA) is 57.5 Å². The van der Waals surface area contributed by atoms with Crippen molar-refractivity contribution in [2.24, 2.45) is 0 Å². The van der Waals surface area contributed by atoms with Gasteiger partial charge in [-0.2, -0.15) is 5.10 Å². The number of aromatic amines is 1. The zero-order valence-electron chi connectivity index (χ0n) is 3.96. The Bertz CT molecular complexity index is 233. The van der Waals surface area contributed by atoms with Gasteiger partial charge in [-0.15, -0.1) is 0 Å². The Hall–Kier alpha value is -0.970. The Morgan fingerprint density at radius 1 is 2.00 bits per heavy atom. The molecule has 0 radical (unpaired) electrons. The van der Waals surface area contributed by atoms with Crippen LogP contribution in [-0.4, -0.2) is 21.1 Å². The fourth-order valence-electron chi connectivity index (χ4n) is 0.348. The molecular weight excluding hydrogens is 124 g/mol. The standard InChI is InChI=1S/C3H4N4S/c4-1-7-2-5-6-3(7)8/h1-2,4H,(H,6,8). The molecule has 0 amide bonds. The third-order valence-corrected chi connectivity index (χ3v) is 1.02. The maximum atomic E-state index is 6.71. The van der Waals surface area contributed by atoms with E-state index in [9.17, 15) is 0 Å². The molecule has 0 atom stereocenters. The molecule has 0 spiro atoms. The number of aromatic nitrogens is 3. The molecule has 1 aromatic rings. The second kappa shape index (κ2) is 1.87. The van der Waals surface area contributed by atoms with Crippen molar-refractivity contribution in [1.29, 1.82) is 5.41 Å². The predicted molar refractivity (Wildman–Crippen MR) is 31.6 cm³/mol. The van der Waals surface area contributed by atoms with E-state index in [1.807, 2.05) is 0 Å². The van der Waals surface area contributed by atoms with Gasteiger partial charge in [0.1, 0.15) is 6.33 Å². The highest BCUT2D eigenvalue weighted by Gasteiger charge is 1.82. The van der Waals surface area contributed by atoms with E-state index in [0.717, 1.165) is 6.34 Å². The van der Waals surface area contributed by atoms with Crippen LogP contribution in [0.4, 0.5) is 0 Å². The van der Waals surface area contributed by atoms with E-state index >= 15 is 0 Å². The predicted octanol–water partition coefficient (Wildman–Crippen LogP) is 0.396. The first-order valence-corrected chi connectivity index (χ1v) is 2.37. The van der Waals surface area contributed by atoms with Gasteiger partial charge in [-0.05, 0) is 12.2 Å². The molecule has 0 aliphatic heterocycles. The van der Waals surface area contributed by atoms with Crippen LogP contribution in [0.3, 0.4) is 0 Å². The van der Waals surface area contributed by atoms with Crippen molar-refractivity contribution in [3.63, 3.8) is 0 Å². The molecule has 1 heterocycles. The van der Waals surface area contributed by atoms with Crippen molar-refractivity contribution in [1.82, 2.24) is 14.8 Å². The van der Waals surface area contributed by atoms with Crippen LogP contribution in [0, 0.1) is 10.2 Å². The second-order valence-corrected chi connectivity index (χ2v) is 1.58. The fraction of sp³-hybridized carbons (Fsp3) is 0. The lowest BCUT2D eigenvalue weighted by atomic mass is 11.0. The van der Waals surface area contributed by atoms with Crippen molar-refractivity contribution in [3.05, 3.63) is 11.1 Å². The number of nitrogens with one attached hydrogen (secondary N) is 2. The van der Waals surface area contributed by atoms with Crippen molar-refractivity contribution < 1.29 is 0 Å². The lowest BCUT2D eigenvalue weighted by Crippen LogP contribution is -1.89. The highest BCUT2D eigenvalue weighted by molar-refractivity contribution is 7.71. The van der Waals surface area contributed by atoms with Gasteiger partial charge < -0.3 is 0 Å². The summed E-state index contributed by atoms with van der Waals surface area (Å²) in [6.07, 6.45) is 2.53. The first-order valence-electron chi connectivity index (χ1n) is 1.96. The number of hydrogen-bond acceptors (Lipinski definition) is 3. The summed E-state index contributed by atoms with van der Waals surface area (Å²) in [6.45, 7) is 0. The molecule has 0 fully saturated rings. The van der Waals surface area contributed by atoms with Crippen LogP contribution in [0.2, 0.25) is 0 Å². The monoisotopic (exact) mass is 128 g/mol. The summed E-state index contributed by atoms with van der Waals surface area (Å²) in [6, 6.07) is 0. The summed E-state index contributed by atoms with van der Waals surface area (Å²) in [5.41, 5.74) is 0. The third kappa shape index (κ3) is 0.671. The molecule has 4 nitrogen and oxygen atoms in total. The van der Waals surface area contributed by atoms with Crippen LogP contribution in [0.1, 0.15) is 0 Å². The summed E-state index contributed by atoms with van der Waals surface area (Å²) in [7, 11) is 0. The number of rotatable bonds is 1. The molecule has 2 N–H and O–H groups in total. The van der Waals surface area contributed by atoms with Crippen LogP contribution in [0.5, 0.6) is 0 Å². The smallest absolute Gasteiger partial charge is 0.200 e. The van der Waals surface area contributed by atoms with Crippen LogP contribution < -0.4 is 0 Å². The van der Waals surface area contributed by atoms with Gasteiger partial charge in [0.05, 0.1) is 6.34 Å². The van der Waals surface area contributed by atoms with Gasteiger partial charge in [-0.25, -0.2) is 0 Å². The molecule has 0 aliphatic rings. The second-order valence-electron chi connectivity index (χ2n) is 1.20. The molecule has 0 aromatic carbocycles. The largest absolute Gasteiger partial charge is 0.291 e. The van der Waals surface area contributed by atoms with Gasteiger partial charge in [0.2, 0.25) is 0 Å². The minimum absolute atomic E-state index is 0.444. The fourth-order valence-corrected chi connectivity index (χ4v) is 0.501. The van der Waals surface area contributed by atoms with Crippen molar-refractivity contribution in [2.75, 3.05) is 0 Å². The molecular formula is C3H4N4S. The van der Waals surface area contributed by atoms with E-state index in [1.165, 1.54) is 10.9 Å². The zero-order valence-corrected chi connectivity index (χ0v) is 4.77. The van der Waals surface area contributed by atoms with Gasteiger partial charge >= 0.3 is 0 Å². The van der Waals surface area contributed by atoms with Gasteiger partial charge in [0.25, 0.3) is 0 Å². The molecule has 0 unspecified atom stereocenters. The summed E-state index contributed by atoms with van der Waals surface area (Å²) in [5, 5.41) is 12.8. The molecule has 8 heavy (non-hydrogen) atoms. The van der Waals surface area contributed by atoms with Gasteiger partial charge in [-0.3, -0.25) is 15.1 Å². The van der Waals surface area contributed by atoms with E-state index in [1.54, 1.807) is 0 Å². The summed E-state index contributed by atoms with van der Waals surface area (Å²) < 4.78 is 1.84. The van der Waals surface area contributed by atoms with Crippen LogP contribution >= 0.6 is 12.2 Å². The normalized spacial score (nSPS) is 9.00. The Morgan fingerprint density at radius 3 is 3.00 bits per heavy atom. The highest BCUT2D eigenvalue weighted by Crippen LogP contribution is 1.77. The summed E-state index contributed by atoms with van der Waals surface area (Å²) in [5.74, 6) is 0. The first kappa shape index (κ1) is 5.17. The Morgan fingerprint density at radius 2 is 2.75 bits per heavy atom. The minimum atomic E-state index is 0.444. The highest BCUT2D eigenvalue weighted by atomic mass is 32.1. The Labute approximate surface area is 50.7 Å². The molecule has 0 saturated heterocycles. The number of hydrogen-bond donors (Lipinski definition) is 2. The molecule has 1 rings (SSSR count). The average molecular weight is 128 g/mol. The van der Waals surface area contributed by atoms with Gasteiger partial charge in [0.15, 0.2) is 4.77 Å².